The van der Waals surface area contributed by atoms with Crippen LogP contribution in [0.2, 0.25) is 0 Å². The van der Waals surface area contributed by atoms with E-state index in [1.54, 1.807) is 0 Å². The standard InChI is InChI=1S/C9H14N4O2/c10-9(3-1-4-9)8(14)11-5-2-7-12-6-15-13-7/h6H,1-5,10H2,(H,11,14). The van der Waals surface area contributed by atoms with Gasteiger partial charge < -0.3 is 15.6 Å². The summed E-state index contributed by atoms with van der Waals surface area (Å²) in [5, 5.41) is 6.42. The second-order valence-electron chi connectivity index (χ2n) is 3.86. The van der Waals surface area contributed by atoms with Gasteiger partial charge in [0.05, 0.1) is 5.54 Å². The topological polar surface area (TPSA) is 94.0 Å². The van der Waals surface area contributed by atoms with Crippen LogP contribution in [-0.4, -0.2) is 28.1 Å². The molecular formula is C9H14N4O2. The first-order chi connectivity index (χ1) is 7.21. The van der Waals surface area contributed by atoms with Gasteiger partial charge in [-0.2, -0.15) is 4.98 Å². The molecule has 1 aliphatic rings. The molecule has 1 saturated carbocycles. The fourth-order valence-electron chi connectivity index (χ4n) is 1.55. The van der Waals surface area contributed by atoms with Gasteiger partial charge in [-0.15, -0.1) is 0 Å². The summed E-state index contributed by atoms with van der Waals surface area (Å²) in [4.78, 5) is 15.4. The Morgan fingerprint density at radius 1 is 1.67 bits per heavy atom. The Bertz CT molecular complexity index is 332. The van der Waals surface area contributed by atoms with Crippen molar-refractivity contribution in [3.8, 4) is 0 Å². The molecule has 0 radical (unpaired) electrons. The quantitative estimate of drug-likeness (QED) is 0.705. The van der Waals surface area contributed by atoms with Crippen molar-refractivity contribution in [2.45, 2.75) is 31.2 Å². The number of aromatic nitrogens is 2. The second-order valence-corrected chi connectivity index (χ2v) is 3.86. The van der Waals surface area contributed by atoms with E-state index in [1.807, 2.05) is 0 Å². The lowest BCUT2D eigenvalue weighted by molar-refractivity contribution is -0.129. The summed E-state index contributed by atoms with van der Waals surface area (Å²) in [6.07, 6.45) is 4.43. The molecule has 0 aromatic carbocycles. The van der Waals surface area contributed by atoms with E-state index >= 15 is 0 Å². The molecule has 82 valence electrons. The zero-order valence-electron chi connectivity index (χ0n) is 8.40. The molecule has 6 heteroatoms. The van der Waals surface area contributed by atoms with Crippen molar-refractivity contribution in [3.05, 3.63) is 12.2 Å². The molecule has 1 fully saturated rings. The lowest BCUT2D eigenvalue weighted by Crippen LogP contribution is -2.58. The van der Waals surface area contributed by atoms with Gasteiger partial charge in [0, 0.05) is 13.0 Å². The minimum Gasteiger partial charge on any atom is -0.354 e. The predicted octanol–water partition coefficient (Wildman–Crippen LogP) is -0.390. The number of rotatable bonds is 4. The summed E-state index contributed by atoms with van der Waals surface area (Å²) < 4.78 is 4.57. The van der Waals surface area contributed by atoms with Crippen LogP contribution in [-0.2, 0) is 11.2 Å². The van der Waals surface area contributed by atoms with E-state index in [4.69, 9.17) is 5.73 Å². The van der Waals surface area contributed by atoms with Crippen LogP contribution in [0.15, 0.2) is 10.9 Å². The maximum Gasteiger partial charge on any atom is 0.240 e. The van der Waals surface area contributed by atoms with Crippen molar-refractivity contribution >= 4 is 5.91 Å². The van der Waals surface area contributed by atoms with Crippen LogP contribution in [0.3, 0.4) is 0 Å². The number of nitrogens with one attached hydrogen (secondary N) is 1. The third kappa shape index (κ3) is 2.15. The average Bonchev–Trinajstić information content (AvgIpc) is 2.66. The van der Waals surface area contributed by atoms with Gasteiger partial charge in [-0.1, -0.05) is 5.16 Å². The van der Waals surface area contributed by atoms with Gasteiger partial charge in [-0.05, 0) is 19.3 Å². The van der Waals surface area contributed by atoms with E-state index in [2.05, 4.69) is 20.0 Å². The van der Waals surface area contributed by atoms with E-state index in [9.17, 15) is 4.79 Å². The van der Waals surface area contributed by atoms with Gasteiger partial charge in [0.1, 0.15) is 0 Å². The third-order valence-electron chi connectivity index (χ3n) is 2.74. The molecule has 0 aliphatic heterocycles. The maximum absolute atomic E-state index is 11.6. The fraction of sp³-hybridized carbons (Fsp3) is 0.667. The highest BCUT2D eigenvalue weighted by Crippen LogP contribution is 2.28. The molecule has 0 bridgehead atoms. The molecule has 1 aromatic heterocycles. The maximum atomic E-state index is 11.6. The number of carbonyl (C=O) groups is 1. The minimum atomic E-state index is -0.628. The number of hydrogen-bond donors (Lipinski definition) is 2. The second kappa shape index (κ2) is 3.98. The highest BCUT2D eigenvalue weighted by atomic mass is 16.5. The van der Waals surface area contributed by atoms with Gasteiger partial charge in [0.25, 0.3) is 0 Å². The summed E-state index contributed by atoms with van der Waals surface area (Å²) in [5.41, 5.74) is 5.22. The van der Waals surface area contributed by atoms with Crippen molar-refractivity contribution in [2.24, 2.45) is 5.73 Å². The molecule has 0 saturated heterocycles. The van der Waals surface area contributed by atoms with Crippen LogP contribution >= 0.6 is 0 Å². The normalized spacial score (nSPS) is 18.2. The first-order valence-electron chi connectivity index (χ1n) is 5.03. The minimum absolute atomic E-state index is 0.0720. The molecule has 0 atom stereocenters. The van der Waals surface area contributed by atoms with Crippen molar-refractivity contribution in [3.63, 3.8) is 0 Å². The SMILES string of the molecule is NC1(C(=O)NCCc2ncon2)CCC1. The highest BCUT2D eigenvalue weighted by molar-refractivity contribution is 5.86. The van der Waals surface area contributed by atoms with Gasteiger partial charge in [-0.25, -0.2) is 0 Å². The summed E-state index contributed by atoms with van der Waals surface area (Å²) >= 11 is 0. The van der Waals surface area contributed by atoms with Crippen LogP contribution in [0.5, 0.6) is 0 Å². The average molecular weight is 210 g/mol. The third-order valence-corrected chi connectivity index (χ3v) is 2.74. The van der Waals surface area contributed by atoms with Crippen LogP contribution in [0.4, 0.5) is 0 Å². The Kier molecular flexibility index (Phi) is 2.68. The summed E-state index contributed by atoms with van der Waals surface area (Å²) in [7, 11) is 0. The molecule has 3 N–H and O–H groups in total. The largest absolute Gasteiger partial charge is 0.354 e. The summed E-state index contributed by atoms with van der Waals surface area (Å²) in [5.74, 6) is 0.521. The van der Waals surface area contributed by atoms with Gasteiger partial charge in [-0.3, -0.25) is 4.79 Å². The van der Waals surface area contributed by atoms with Crippen molar-refractivity contribution < 1.29 is 9.32 Å². The zero-order chi connectivity index (χ0) is 10.7. The Morgan fingerprint density at radius 2 is 2.47 bits per heavy atom. The predicted molar refractivity (Wildman–Crippen MR) is 51.8 cm³/mol. The first-order valence-corrected chi connectivity index (χ1v) is 5.03. The van der Waals surface area contributed by atoms with Crippen molar-refractivity contribution in [2.75, 3.05) is 6.54 Å². The lowest BCUT2D eigenvalue weighted by Gasteiger charge is -2.36. The zero-order valence-corrected chi connectivity index (χ0v) is 8.40. The Morgan fingerprint density at radius 3 is 3.00 bits per heavy atom. The lowest BCUT2D eigenvalue weighted by atomic mass is 9.77. The number of nitrogens with two attached hydrogens (primary N) is 1. The van der Waals surface area contributed by atoms with Crippen molar-refractivity contribution in [1.82, 2.24) is 15.5 Å². The van der Waals surface area contributed by atoms with Gasteiger partial charge in [0.2, 0.25) is 12.3 Å². The first kappa shape index (κ1) is 10.1. The summed E-state index contributed by atoms with van der Waals surface area (Å²) in [6.45, 7) is 0.497. The van der Waals surface area contributed by atoms with Gasteiger partial charge in [0.15, 0.2) is 5.82 Å². The van der Waals surface area contributed by atoms with E-state index in [0.717, 1.165) is 19.3 Å². The van der Waals surface area contributed by atoms with E-state index in [-0.39, 0.29) is 5.91 Å². The van der Waals surface area contributed by atoms with Crippen LogP contribution in [0.1, 0.15) is 25.1 Å². The molecule has 2 rings (SSSR count). The highest BCUT2D eigenvalue weighted by Gasteiger charge is 2.39. The Labute approximate surface area is 87.2 Å². The molecule has 1 aromatic rings. The van der Waals surface area contributed by atoms with Crippen molar-refractivity contribution in [1.29, 1.82) is 0 Å². The monoisotopic (exact) mass is 210 g/mol. The Hall–Kier alpha value is -1.43. The van der Waals surface area contributed by atoms with Crippen LogP contribution in [0.25, 0.3) is 0 Å². The van der Waals surface area contributed by atoms with E-state index in [1.165, 1.54) is 6.39 Å². The fourth-order valence-corrected chi connectivity index (χ4v) is 1.55. The molecule has 1 aliphatic carbocycles. The molecule has 15 heavy (non-hydrogen) atoms. The number of carbonyl (C=O) groups excluding carboxylic acids is 1. The van der Waals surface area contributed by atoms with E-state index < -0.39 is 5.54 Å². The number of nitrogens with zero attached hydrogens (tertiary/aromatic N) is 2. The smallest absolute Gasteiger partial charge is 0.240 e. The molecule has 0 spiro atoms. The van der Waals surface area contributed by atoms with E-state index in [0.29, 0.717) is 18.8 Å². The molecule has 6 nitrogen and oxygen atoms in total. The molecule has 1 heterocycles. The van der Waals surface area contributed by atoms with Gasteiger partial charge >= 0.3 is 0 Å². The Balaban J connectivity index is 1.72. The van der Waals surface area contributed by atoms with Crippen LogP contribution < -0.4 is 11.1 Å². The number of amides is 1. The van der Waals surface area contributed by atoms with Crippen LogP contribution in [0, 0.1) is 0 Å². The number of hydrogen-bond acceptors (Lipinski definition) is 5. The molecular weight excluding hydrogens is 196 g/mol. The molecule has 1 amide bonds. The molecule has 0 unspecified atom stereocenters. The summed E-state index contributed by atoms with van der Waals surface area (Å²) in [6, 6.07) is 0.